The van der Waals surface area contributed by atoms with Crippen molar-refractivity contribution < 1.29 is 37.3 Å². The molecule has 3 rings (SSSR count). The molecule has 176 valence electrons. The molecule has 1 saturated heterocycles. The molecule has 1 aromatic rings. The van der Waals surface area contributed by atoms with Crippen LogP contribution >= 0.6 is 0 Å². The van der Waals surface area contributed by atoms with Crippen molar-refractivity contribution in [3.8, 4) is 6.07 Å². The summed E-state index contributed by atoms with van der Waals surface area (Å²) in [5, 5.41) is 9.52. The van der Waals surface area contributed by atoms with Gasteiger partial charge in [-0.25, -0.2) is 13.2 Å². The Hall–Kier alpha value is -2.81. The smallest absolute Gasteiger partial charge is 0.417 e. The molecular weight excluding hydrogens is 451 g/mol. The molecule has 0 aromatic heterocycles. The number of amides is 2. The van der Waals surface area contributed by atoms with E-state index in [0.717, 1.165) is 29.9 Å². The van der Waals surface area contributed by atoms with Gasteiger partial charge in [-0.1, -0.05) is 12.1 Å². The van der Waals surface area contributed by atoms with Crippen molar-refractivity contribution in [2.45, 2.75) is 60.6 Å². The number of hydrogen-bond acceptors (Lipinski definition) is 6. The lowest BCUT2D eigenvalue weighted by Gasteiger charge is -2.24. The fourth-order valence-corrected chi connectivity index (χ4v) is 5.97. The van der Waals surface area contributed by atoms with E-state index >= 15 is 0 Å². The summed E-state index contributed by atoms with van der Waals surface area (Å²) in [7, 11) is -4.55. The van der Waals surface area contributed by atoms with Crippen LogP contribution in [0, 0.1) is 11.3 Å². The molecular formula is C20H24F3N3O5S. The van der Waals surface area contributed by atoms with Gasteiger partial charge in [-0.05, 0) is 44.2 Å². The Balaban J connectivity index is 0.00000385. The summed E-state index contributed by atoms with van der Waals surface area (Å²) in [6.07, 6.45) is -3.53. The standard InChI is InChI=1S/C20H22F3N3O5S.H2/c21-20(22,23)15-7-3-4-8-17(15)32(29,30)14-11-16(18(27)25-10-9-24)26(12-14)19(28)31-13-5-1-2-6-13;/h3-4,7-8,13-14,16H,1-2,5-6,10-12H2,(H,25,27);1H/t14-,16+;/m1./s1. The molecule has 2 fully saturated rings. The highest BCUT2D eigenvalue weighted by molar-refractivity contribution is 7.92. The average molecular weight is 475 g/mol. The molecule has 2 amide bonds. The van der Waals surface area contributed by atoms with E-state index in [1.54, 1.807) is 6.07 Å². The van der Waals surface area contributed by atoms with Crippen molar-refractivity contribution in [1.29, 1.82) is 5.26 Å². The highest BCUT2D eigenvalue weighted by atomic mass is 32.2. The van der Waals surface area contributed by atoms with E-state index < -0.39 is 62.7 Å². The second-order valence-electron chi connectivity index (χ2n) is 7.73. The number of likely N-dealkylation sites (tertiary alicyclic amines) is 1. The molecule has 1 aliphatic heterocycles. The summed E-state index contributed by atoms with van der Waals surface area (Å²) >= 11 is 0. The minimum absolute atomic E-state index is 0. The zero-order valence-corrected chi connectivity index (χ0v) is 17.8. The number of carbonyl (C=O) groups excluding carboxylic acids is 2. The topological polar surface area (TPSA) is 117 Å². The van der Waals surface area contributed by atoms with E-state index in [1.165, 1.54) is 6.07 Å². The van der Waals surface area contributed by atoms with Crippen LogP contribution in [0.25, 0.3) is 0 Å². The number of benzene rings is 1. The maximum absolute atomic E-state index is 13.4. The molecule has 1 saturated carbocycles. The van der Waals surface area contributed by atoms with Gasteiger partial charge in [0.05, 0.1) is 21.8 Å². The minimum atomic E-state index is -4.90. The fraction of sp³-hybridized carbons (Fsp3) is 0.550. The summed E-state index contributed by atoms with van der Waals surface area (Å²) in [5.41, 5.74) is -1.31. The van der Waals surface area contributed by atoms with Crippen LogP contribution in [0.15, 0.2) is 29.2 Å². The number of alkyl halides is 3. The predicted octanol–water partition coefficient (Wildman–Crippen LogP) is 2.89. The number of ether oxygens (including phenoxy) is 1. The fourth-order valence-electron chi connectivity index (χ4n) is 4.06. The lowest BCUT2D eigenvalue weighted by Crippen LogP contribution is -2.46. The number of carbonyl (C=O) groups is 2. The molecule has 12 heteroatoms. The van der Waals surface area contributed by atoms with Crippen molar-refractivity contribution >= 4 is 21.8 Å². The van der Waals surface area contributed by atoms with E-state index in [0.29, 0.717) is 18.9 Å². The van der Waals surface area contributed by atoms with Crippen molar-refractivity contribution in [1.82, 2.24) is 10.2 Å². The van der Waals surface area contributed by atoms with Gasteiger partial charge in [-0.2, -0.15) is 18.4 Å². The third-order valence-corrected chi connectivity index (χ3v) is 7.84. The molecule has 8 nitrogen and oxygen atoms in total. The van der Waals surface area contributed by atoms with Gasteiger partial charge in [-0.15, -0.1) is 0 Å². The monoisotopic (exact) mass is 475 g/mol. The van der Waals surface area contributed by atoms with Gasteiger partial charge in [0, 0.05) is 7.97 Å². The molecule has 1 aliphatic carbocycles. The Kier molecular flexibility index (Phi) is 6.97. The largest absolute Gasteiger partial charge is 0.446 e. The van der Waals surface area contributed by atoms with Crippen LogP contribution in [0.2, 0.25) is 0 Å². The molecule has 2 atom stereocenters. The normalized spacial score (nSPS) is 21.9. The first-order valence-corrected chi connectivity index (χ1v) is 11.6. The van der Waals surface area contributed by atoms with Crippen LogP contribution in [0.5, 0.6) is 0 Å². The Morgan fingerprint density at radius 3 is 2.53 bits per heavy atom. The van der Waals surface area contributed by atoms with Crippen LogP contribution in [0.1, 0.15) is 39.1 Å². The first-order chi connectivity index (χ1) is 15.1. The first-order valence-electron chi connectivity index (χ1n) is 10.1. The lowest BCUT2D eigenvalue weighted by molar-refractivity contribution is -0.139. The highest BCUT2D eigenvalue weighted by Gasteiger charge is 2.48. The van der Waals surface area contributed by atoms with E-state index in [9.17, 15) is 31.2 Å². The molecule has 0 unspecified atom stereocenters. The Morgan fingerprint density at radius 1 is 1.25 bits per heavy atom. The van der Waals surface area contributed by atoms with Crippen LogP contribution in [0.3, 0.4) is 0 Å². The molecule has 1 heterocycles. The van der Waals surface area contributed by atoms with Crippen LogP contribution in [-0.2, 0) is 25.5 Å². The van der Waals surface area contributed by atoms with Gasteiger partial charge >= 0.3 is 12.3 Å². The maximum Gasteiger partial charge on any atom is 0.417 e. The van der Waals surface area contributed by atoms with Gasteiger partial charge in [0.1, 0.15) is 18.7 Å². The maximum atomic E-state index is 13.4. The Labute approximate surface area is 184 Å². The van der Waals surface area contributed by atoms with E-state index in [4.69, 9.17) is 10.00 Å². The SMILES string of the molecule is N#CCNC(=O)[C@@H]1C[C@@H](S(=O)(=O)c2ccccc2C(F)(F)F)CN1C(=O)OC1CCCC1.[HH]. The second-order valence-corrected chi connectivity index (χ2v) is 9.93. The van der Waals surface area contributed by atoms with E-state index in [-0.39, 0.29) is 14.1 Å². The number of sulfone groups is 1. The summed E-state index contributed by atoms with van der Waals surface area (Å²) < 4.78 is 71.9. The number of nitrogens with zero attached hydrogens (tertiary/aromatic N) is 2. The lowest BCUT2D eigenvalue weighted by atomic mass is 10.2. The van der Waals surface area contributed by atoms with Crippen LogP contribution in [0.4, 0.5) is 18.0 Å². The molecule has 0 radical (unpaired) electrons. The van der Waals surface area contributed by atoms with Gasteiger partial charge < -0.3 is 10.1 Å². The number of nitriles is 1. The molecule has 32 heavy (non-hydrogen) atoms. The van der Waals surface area contributed by atoms with Crippen LogP contribution in [-0.4, -0.2) is 55.8 Å². The van der Waals surface area contributed by atoms with Crippen molar-refractivity contribution in [3.05, 3.63) is 29.8 Å². The number of halogens is 3. The number of hydrogen-bond donors (Lipinski definition) is 1. The van der Waals surface area contributed by atoms with Gasteiger partial charge in [-0.3, -0.25) is 9.69 Å². The summed E-state index contributed by atoms with van der Waals surface area (Å²) in [6, 6.07) is 4.22. The quantitative estimate of drug-likeness (QED) is 0.655. The van der Waals surface area contributed by atoms with Gasteiger partial charge in [0.15, 0.2) is 9.84 Å². The highest BCUT2D eigenvalue weighted by Crippen LogP contribution is 2.37. The zero-order chi connectivity index (χ0) is 23.5. The average Bonchev–Trinajstić information content (AvgIpc) is 3.41. The summed E-state index contributed by atoms with van der Waals surface area (Å²) in [5.74, 6) is -0.767. The Morgan fingerprint density at radius 2 is 1.91 bits per heavy atom. The molecule has 2 aliphatic rings. The van der Waals surface area contributed by atoms with Crippen molar-refractivity contribution in [2.75, 3.05) is 13.1 Å². The molecule has 0 spiro atoms. The zero-order valence-electron chi connectivity index (χ0n) is 17.0. The third-order valence-electron chi connectivity index (χ3n) is 5.65. The summed E-state index contributed by atoms with van der Waals surface area (Å²) in [4.78, 5) is 25.2. The van der Waals surface area contributed by atoms with Gasteiger partial charge in [0.2, 0.25) is 5.91 Å². The molecule has 0 bridgehead atoms. The van der Waals surface area contributed by atoms with E-state index in [2.05, 4.69) is 5.32 Å². The molecule has 1 N–H and O–H groups in total. The predicted molar refractivity (Wildman–Crippen MR) is 107 cm³/mol. The minimum Gasteiger partial charge on any atom is -0.446 e. The second kappa shape index (κ2) is 9.36. The van der Waals surface area contributed by atoms with Crippen molar-refractivity contribution in [3.63, 3.8) is 0 Å². The number of rotatable bonds is 5. The third kappa shape index (κ3) is 4.98. The van der Waals surface area contributed by atoms with Crippen LogP contribution < -0.4 is 5.32 Å². The first kappa shape index (κ1) is 23.8. The summed E-state index contributed by atoms with van der Waals surface area (Å²) in [6.45, 7) is -0.861. The van der Waals surface area contributed by atoms with E-state index in [1.807, 2.05) is 0 Å². The van der Waals surface area contributed by atoms with Gasteiger partial charge in [0.25, 0.3) is 0 Å². The Bertz CT molecular complexity index is 1020. The molecule has 1 aromatic carbocycles. The number of nitrogens with one attached hydrogen (secondary N) is 1. The van der Waals surface area contributed by atoms with Crippen molar-refractivity contribution in [2.24, 2.45) is 0 Å².